The molecular formula is C18H17NO. The molecule has 1 aromatic heterocycles. The van der Waals surface area contributed by atoms with Gasteiger partial charge in [0.2, 0.25) is 0 Å². The van der Waals surface area contributed by atoms with Crippen molar-refractivity contribution in [3.63, 3.8) is 0 Å². The van der Waals surface area contributed by atoms with Crippen LogP contribution in [-0.2, 0) is 0 Å². The van der Waals surface area contributed by atoms with Crippen LogP contribution in [0.25, 0.3) is 10.9 Å². The monoisotopic (exact) mass is 263 g/mol. The number of hydrogen-bond acceptors (Lipinski definition) is 2. The highest BCUT2D eigenvalue weighted by molar-refractivity contribution is 5.78. The van der Waals surface area contributed by atoms with Crippen LogP contribution in [0.1, 0.15) is 28.4 Å². The fourth-order valence-electron chi connectivity index (χ4n) is 2.49. The van der Waals surface area contributed by atoms with Gasteiger partial charge in [0.25, 0.3) is 0 Å². The zero-order chi connectivity index (χ0) is 14.1. The number of para-hydroxylation sites is 1. The van der Waals surface area contributed by atoms with Gasteiger partial charge in [0.05, 0.1) is 5.52 Å². The van der Waals surface area contributed by atoms with Gasteiger partial charge in [-0.15, -0.1) is 0 Å². The second-order valence-electron chi connectivity index (χ2n) is 5.15. The molecule has 1 atom stereocenters. The lowest BCUT2D eigenvalue weighted by Gasteiger charge is -2.16. The zero-order valence-electron chi connectivity index (χ0n) is 11.7. The van der Waals surface area contributed by atoms with Crippen LogP contribution in [0.5, 0.6) is 0 Å². The molecule has 20 heavy (non-hydrogen) atoms. The van der Waals surface area contributed by atoms with Crippen molar-refractivity contribution in [2.24, 2.45) is 0 Å². The highest BCUT2D eigenvalue weighted by Crippen LogP contribution is 2.27. The smallest absolute Gasteiger partial charge is 0.106 e. The maximum atomic E-state index is 10.6. The van der Waals surface area contributed by atoms with E-state index in [-0.39, 0.29) is 0 Å². The summed E-state index contributed by atoms with van der Waals surface area (Å²) in [7, 11) is 0. The number of aliphatic hydroxyl groups excluding tert-OH is 1. The molecule has 0 fully saturated rings. The molecular weight excluding hydrogens is 246 g/mol. The number of aryl methyl sites for hydroxylation is 1. The molecule has 2 heteroatoms. The Morgan fingerprint density at radius 1 is 1.00 bits per heavy atom. The molecule has 0 spiro atoms. The fraction of sp³-hybridized carbons (Fsp3) is 0.167. The molecule has 0 aliphatic heterocycles. The first-order valence-electron chi connectivity index (χ1n) is 6.75. The van der Waals surface area contributed by atoms with E-state index in [1.807, 2.05) is 49.4 Å². The number of hydrogen-bond donors (Lipinski definition) is 1. The molecule has 2 nitrogen and oxygen atoms in total. The summed E-state index contributed by atoms with van der Waals surface area (Å²) in [5.74, 6) is 0. The summed E-state index contributed by atoms with van der Waals surface area (Å²) in [6.45, 7) is 4.10. The van der Waals surface area contributed by atoms with Crippen molar-refractivity contribution < 1.29 is 5.11 Å². The molecule has 3 aromatic rings. The van der Waals surface area contributed by atoms with Crippen molar-refractivity contribution in [1.29, 1.82) is 0 Å². The van der Waals surface area contributed by atoms with Crippen molar-refractivity contribution in [2.75, 3.05) is 0 Å². The zero-order valence-corrected chi connectivity index (χ0v) is 11.7. The van der Waals surface area contributed by atoms with E-state index in [0.29, 0.717) is 0 Å². The van der Waals surface area contributed by atoms with Crippen molar-refractivity contribution in [2.45, 2.75) is 20.0 Å². The first kappa shape index (κ1) is 12.8. The second kappa shape index (κ2) is 5.06. The first-order chi connectivity index (χ1) is 9.66. The Morgan fingerprint density at radius 2 is 1.80 bits per heavy atom. The summed E-state index contributed by atoms with van der Waals surface area (Å²) in [5.41, 5.74) is 5.05. The van der Waals surface area contributed by atoms with Gasteiger partial charge in [-0.1, -0.05) is 36.4 Å². The van der Waals surface area contributed by atoms with Gasteiger partial charge in [0, 0.05) is 17.1 Å². The van der Waals surface area contributed by atoms with E-state index < -0.39 is 6.10 Å². The molecule has 0 saturated heterocycles. The van der Waals surface area contributed by atoms with Gasteiger partial charge in [0.1, 0.15) is 6.10 Å². The summed E-state index contributed by atoms with van der Waals surface area (Å²) in [6.07, 6.45) is 1.13. The number of aliphatic hydroxyl groups is 1. The third-order valence-corrected chi connectivity index (χ3v) is 3.87. The third-order valence-electron chi connectivity index (χ3n) is 3.87. The second-order valence-corrected chi connectivity index (χ2v) is 5.15. The molecule has 1 unspecified atom stereocenters. The predicted molar refractivity (Wildman–Crippen MR) is 81.7 cm³/mol. The van der Waals surface area contributed by atoms with Gasteiger partial charge < -0.3 is 5.11 Å². The quantitative estimate of drug-likeness (QED) is 0.760. The number of benzene rings is 2. The SMILES string of the molecule is Cc1cccc(C(O)c2cnc3ccccc3c2)c1C. The Bertz CT molecular complexity index is 764. The summed E-state index contributed by atoms with van der Waals surface area (Å²) >= 11 is 0. The summed E-state index contributed by atoms with van der Waals surface area (Å²) < 4.78 is 0. The van der Waals surface area contributed by atoms with Gasteiger partial charge in [-0.3, -0.25) is 4.98 Å². The Balaban J connectivity index is 2.08. The predicted octanol–water partition coefficient (Wildman–Crippen LogP) is 3.93. The van der Waals surface area contributed by atoms with E-state index in [1.165, 1.54) is 5.56 Å². The Kier molecular flexibility index (Phi) is 3.25. The lowest BCUT2D eigenvalue weighted by atomic mass is 9.95. The minimum Gasteiger partial charge on any atom is -0.384 e. The van der Waals surface area contributed by atoms with Gasteiger partial charge in [-0.2, -0.15) is 0 Å². The average molecular weight is 263 g/mol. The summed E-state index contributed by atoms with van der Waals surface area (Å²) in [6, 6.07) is 16.0. The number of nitrogens with zero attached hydrogens (tertiary/aromatic N) is 1. The highest BCUT2D eigenvalue weighted by Gasteiger charge is 2.14. The van der Waals surface area contributed by atoms with E-state index in [4.69, 9.17) is 0 Å². The molecule has 100 valence electrons. The van der Waals surface area contributed by atoms with Crippen molar-refractivity contribution >= 4 is 10.9 Å². The van der Waals surface area contributed by atoms with Gasteiger partial charge in [-0.05, 0) is 42.7 Å². The number of aromatic nitrogens is 1. The molecule has 3 rings (SSSR count). The van der Waals surface area contributed by atoms with Crippen LogP contribution in [0.15, 0.2) is 54.7 Å². The number of fused-ring (bicyclic) bond motifs is 1. The molecule has 0 aliphatic carbocycles. The molecule has 0 radical (unpaired) electrons. The molecule has 0 saturated carbocycles. The maximum absolute atomic E-state index is 10.6. The van der Waals surface area contributed by atoms with Crippen LogP contribution in [0.3, 0.4) is 0 Å². The van der Waals surface area contributed by atoms with Crippen LogP contribution in [0.2, 0.25) is 0 Å². The Morgan fingerprint density at radius 3 is 2.65 bits per heavy atom. The van der Waals surface area contributed by atoms with Crippen molar-refractivity contribution in [3.8, 4) is 0 Å². The lowest BCUT2D eigenvalue weighted by molar-refractivity contribution is 0.219. The van der Waals surface area contributed by atoms with E-state index in [0.717, 1.165) is 27.6 Å². The normalized spacial score (nSPS) is 12.6. The summed E-state index contributed by atoms with van der Waals surface area (Å²) in [5, 5.41) is 11.7. The van der Waals surface area contributed by atoms with Crippen LogP contribution in [-0.4, -0.2) is 10.1 Å². The van der Waals surface area contributed by atoms with E-state index in [2.05, 4.69) is 18.0 Å². The lowest BCUT2D eigenvalue weighted by Crippen LogP contribution is -2.03. The minimum absolute atomic E-state index is 0.632. The molecule has 2 aromatic carbocycles. The standard InChI is InChI=1S/C18H17NO/c1-12-6-5-8-16(13(12)2)18(20)15-10-14-7-3-4-9-17(14)19-11-15/h3-11,18,20H,1-2H3. The third kappa shape index (κ3) is 2.19. The fourth-order valence-corrected chi connectivity index (χ4v) is 2.49. The van der Waals surface area contributed by atoms with Gasteiger partial charge >= 0.3 is 0 Å². The molecule has 0 amide bonds. The Labute approximate surface area is 118 Å². The topological polar surface area (TPSA) is 33.1 Å². The molecule has 1 N–H and O–H groups in total. The van der Waals surface area contributed by atoms with Crippen LogP contribution in [0.4, 0.5) is 0 Å². The van der Waals surface area contributed by atoms with Crippen molar-refractivity contribution in [3.05, 3.63) is 77.0 Å². The van der Waals surface area contributed by atoms with Gasteiger partial charge in [0.15, 0.2) is 0 Å². The van der Waals surface area contributed by atoms with Crippen LogP contribution >= 0.6 is 0 Å². The molecule has 1 heterocycles. The minimum atomic E-state index is -0.632. The van der Waals surface area contributed by atoms with Crippen LogP contribution in [0, 0.1) is 13.8 Å². The van der Waals surface area contributed by atoms with Gasteiger partial charge in [-0.25, -0.2) is 0 Å². The number of pyridine rings is 1. The van der Waals surface area contributed by atoms with Crippen molar-refractivity contribution in [1.82, 2.24) is 4.98 Å². The highest BCUT2D eigenvalue weighted by atomic mass is 16.3. The van der Waals surface area contributed by atoms with Crippen LogP contribution < -0.4 is 0 Å². The van der Waals surface area contributed by atoms with E-state index in [1.54, 1.807) is 6.20 Å². The first-order valence-corrected chi connectivity index (χ1v) is 6.75. The maximum Gasteiger partial charge on any atom is 0.106 e. The van der Waals surface area contributed by atoms with E-state index in [9.17, 15) is 5.11 Å². The summed E-state index contributed by atoms with van der Waals surface area (Å²) in [4.78, 5) is 4.42. The average Bonchev–Trinajstić information content (AvgIpc) is 2.49. The largest absolute Gasteiger partial charge is 0.384 e. The Hall–Kier alpha value is -2.19. The number of rotatable bonds is 2. The molecule has 0 aliphatic rings. The molecule has 0 bridgehead atoms. The van der Waals surface area contributed by atoms with E-state index >= 15 is 0 Å².